The van der Waals surface area contributed by atoms with Crippen molar-refractivity contribution in [2.45, 2.75) is 19.0 Å². The molecule has 3 aromatic carbocycles. The predicted molar refractivity (Wildman–Crippen MR) is 127 cm³/mol. The van der Waals surface area contributed by atoms with Crippen molar-refractivity contribution >= 4 is 11.6 Å². The van der Waals surface area contributed by atoms with Crippen LogP contribution in [0.5, 0.6) is 11.5 Å². The highest BCUT2D eigenvalue weighted by atomic mass is 16.7. The molecular weight excluding hydrogens is 428 g/mol. The van der Waals surface area contributed by atoms with Crippen LogP contribution in [0.25, 0.3) is 0 Å². The number of piperazine rings is 1. The molecule has 34 heavy (non-hydrogen) atoms. The fraction of sp³-hybridized carbons (Fsp3) is 0.286. The van der Waals surface area contributed by atoms with E-state index in [0.29, 0.717) is 24.2 Å². The van der Waals surface area contributed by atoms with Gasteiger partial charge in [-0.3, -0.25) is 19.4 Å². The average Bonchev–Trinajstić information content (AvgIpc) is 3.42. The van der Waals surface area contributed by atoms with Gasteiger partial charge in [-0.25, -0.2) is 0 Å². The summed E-state index contributed by atoms with van der Waals surface area (Å²) in [5.41, 5.74) is 2.59. The molecule has 6 nitrogen and oxygen atoms in total. The summed E-state index contributed by atoms with van der Waals surface area (Å²) in [6.45, 7) is 5.74. The Balaban J connectivity index is 1.29. The lowest BCUT2D eigenvalue weighted by Crippen LogP contribution is -2.60. The minimum Gasteiger partial charge on any atom is -0.454 e. The van der Waals surface area contributed by atoms with Gasteiger partial charge in [0.1, 0.15) is 0 Å². The topological polar surface area (TPSA) is 59.1 Å². The molecule has 0 bridgehead atoms. The summed E-state index contributed by atoms with van der Waals surface area (Å²) in [6, 6.07) is 21.2. The monoisotopic (exact) mass is 454 g/mol. The molecule has 0 amide bonds. The van der Waals surface area contributed by atoms with Crippen LogP contribution in [-0.4, -0.2) is 54.3 Å². The van der Waals surface area contributed by atoms with Gasteiger partial charge >= 0.3 is 0 Å². The third-order valence-corrected chi connectivity index (χ3v) is 7.28. The Kier molecular flexibility index (Phi) is 5.01. The van der Waals surface area contributed by atoms with Crippen molar-refractivity contribution in [2.24, 2.45) is 0 Å². The number of nitrogens with zero attached hydrogens (tertiary/aromatic N) is 2. The zero-order valence-electron chi connectivity index (χ0n) is 19.1. The van der Waals surface area contributed by atoms with Gasteiger partial charge in [-0.05, 0) is 35.7 Å². The van der Waals surface area contributed by atoms with E-state index in [9.17, 15) is 9.59 Å². The molecule has 0 saturated carbocycles. The maximum Gasteiger partial charge on any atom is 0.231 e. The summed E-state index contributed by atoms with van der Waals surface area (Å²) >= 11 is 0. The fourth-order valence-electron chi connectivity index (χ4n) is 5.59. The lowest BCUT2D eigenvalue weighted by molar-refractivity contribution is 0.0279. The Morgan fingerprint density at radius 3 is 2.35 bits per heavy atom. The molecule has 2 aliphatic heterocycles. The minimum atomic E-state index is -1.29. The number of hydrogen-bond donors (Lipinski definition) is 0. The molecule has 1 fully saturated rings. The number of ketones is 2. The summed E-state index contributed by atoms with van der Waals surface area (Å²) in [4.78, 5) is 32.4. The van der Waals surface area contributed by atoms with Crippen LogP contribution in [0.15, 0.2) is 66.7 Å². The molecule has 1 saturated heterocycles. The first-order chi connectivity index (χ1) is 16.6. The second kappa shape index (κ2) is 8.08. The largest absolute Gasteiger partial charge is 0.454 e. The van der Waals surface area contributed by atoms with Crippen molar-refractivity contribution in [3.63, 3.8) is 0 Å². The van der Waals surface area contributed by atoms with E-state index in [4.69, 9.17) is 9.47 Å². The van der Waals surface area contributed by atoms with E-state index in [1.807, 2.05) is 61.5 Å². The third-order valence-electron chi connectivity index (χ3n) is 7.28. The van der Waals surface area contributed by atoms with E-state index < -0.39 is 5.54 Å². The second-order valence-electron chi connectivity index (χ2n) is 9.18. The van der Waals surface area contributed by atoms with Crippen molar-refractivity contribution in [3.8, 4) is 11.5 Å². The number of carbonyl (C=O) groups is 2. The Morgan fingerprint density at radius 2 is 1.59 bits per heavy atom. The zero-order valence-corrected chi connectivity index (χ0v) is 19.1. The molecular formula is C28H26N2O4. The SMILES string of the molecule is Cc1cccc2c1C(=O)C(c1ccccc1)(N1CCN(Cc3ccc4c(c3)OCO4)CC1)C2=O. The molecule has 3 aliphatic rings. The summed E-state index contributed by atoms with van der Waals surface area (Å²) in [5.74, 6) is 1.37. The van der Waals surface area contributed by atoms with Gasteiger partial charge in [0.15, 0.2) is 28.6 Å². The molecule has 0 N–H and O–H groups in total. The highest BCUT2D eigenvalue weighted by molar-refractivity contribution is 6.33. The lowest BCUT2D eigenvalue weighted by Gasteiger charge is -2.44. The molecule has 172 valence electrons. The van der Waals surface area contributed by atoms with Gasteiger partial charge in [0.25, 0.3) is 0 Å². The molecule has 6 heteroatoms. The number of carbonyl (C=O) groups excluding carboxylic acids is 2. The number of aryl methyl sites for hydroxylation is 1. The van der Waals surface area contributed by atoms with E-state index in [2.05, 4.69) is 15.9 Å². The number of ether oxygens (including phenoxy) is 2. The van der Waals surface area contributed by atoms with Gasteiger partial charge in [-0.1, -0.05) is 54.6 Å². The van der Waals surface area contributed by atoms with E-state index in [-0.39, 0.29) is 18.4 Å². The number of fused-ring (bicyclic) bond motifs is 2. The Labute approximate surface area is 198 Å². The average molecular weight is 455 g/mol. The number of hydrogen-bond acceptors (Lipinski definition) is 6. The van der Waals surface area contributed by atoms with Crippen LogP contribution < -0.4 is 9.47 Å². The maximum absolute atomic E-state index is 14.0. The fourth-order valence-corrected chi connectivity index (χ4v) is 5.59. The van der Waals surface area contributed by atoms with Gasteiger partial charge in [-0.15, -0.1) is 0 Å². The van der Waals surface area contributed by atoms with Crippen molar-refractivity contribution < 1.29 is 19.1 Å². The van der Waals surface area contributed by atoms with Gasteiger partial charge in [0, 0.05) is 43.9 Å². The first-order valence-corrected chi connectivity index (χ1v) is 11.7. The van der Waals surface area contributed by atoms with E-state index >= 15 is 0 Å². The van der Waals surface area contributed by atoms with Gasteiger partial charge < -0.3 is 9.47 Å². The summed E-state index contributed by atoms with van der Waals surface area (Å²) in [5, 5.41) is 0. The highest BCUT2D eigenvalue weighted by Gasteiger charge is 2.58. The first kappa shape index (κ1) is 21.1. The Hall–Kier alpha value is -3.48. The molecule has 1 unspecified atom stereocenters. The predicted octanol–water partition coefficient (Wildman–Crippen LogP) is 3.82. The number of rotatable bonds is 4. The van der Waals surface area contributed by atoms with Crippen molar-refractivity contribution in [1.82, 2.24) is 9.80 Å². The van der Waals surface area contributed by atoms with Crippen molar-refractivity contribution in [3.05, 3.63) is 94.5 Å². The Morgan fingerprint density at radius 1 is 0.824 bits per heavy atom. The zero-order chi connectivity index (χ0) is 23.3. The quantitative estimate of drug-likeness (QED) is 0.559. The van der Waals surface area contributed by atoms with E-state index in [0.717, 1.165) is 47.8 Å². The lowest BCUT2D eigenvalue weighted by atomic mass is 9.82. The summed E-state index contributed by atoms with van der Waals surface area (Å²) in [6.07, 6.45) is 0. The molecule has 0 radical (unpaired) electrons. The highest BCUT2D eigenvalue weighted by Crippen LogP contribution is 2.44. The van der Waals surface area contributed by atoms with Crippen LogP contribution in [0.1, 0.15) is 37.4 Å². The van der Waals surface area contributed by atoms with Crippen LogP contribution in [0.2, 0.25) is 0 Å². The maximum atomic E-state index is 14.0. The van der Waals surface area contributed by atoms with Gasteiger partial charge in [0.05, 0.1) is 0 Å². The molecule has 6 rings (SSSR count). The normalized spacial score (nSPS) is 22.3. The summed E-state index contributed by atoms with van der Waals surface area (Å²) < 4.78 is 10.9. The van der Waals surface area contributed by atoms with Crippen molar-refractivity contribution in [1.29, 1.82) is 0 Å². The second-order valence-corrected chi connectivity index (χ2v) is 9.18. The molecule has 1 aliphatic carbocycles. The molecule has 0 aromatic heterocycles. The summed E-state index contributed by atoms with van der Waals surface area (Å²) in [7, 11) is 0. The van der Waals surface area contributed by atoms with E-state index in [1.54, 1.807) is 6.07 Å². The molecule has 1 atom stereocenters. The van der Waals surface area contributed by atoms with Crippen LogP contribution >= 0.6 is 0 Å². The first-order valence-electron chi connectivity index (χ1n) is 11.7. The van der Waals surface area contributed by atoms with Crippen LogP contribution in [0, 0.1) is 6.92 Å². The standard InChI is InChI=1S/C28H26N2O4/c1-19-6-5-9-22-25(19)27(32)28(26(22)31,21-7-3-2-4-8-21)30-14-12-29(13-15-30)17-20-10-11-23-24(16-20)34-18-33-23/h2-11,16H,12-15,17-18H2,1H3. The molecule has 2 heterocycles. The molecule has 3 aromatic rings. The van der Waals surface area contributed by atoms with E-state index in [1.165, 1.54) is 0 Å². The smallest absolute Gasteiger partial charge is 0.231 e. The third kappa shape index (κ3) is 3.10. The van der Waals surface area contributed by atoms with Crippen LogP contribution in [-0.2, 0) is 12.1 Å². The number of Topliss-reactive ketones (excluding diaryl/α,β-unsaturated/α-hetero) is 2. The number of benzene rings is 3. The van der Waals surface area contributed by atoms with Gasteiger partial charge in [-0.2, -0.15) is 0 Å². The van der Waals surface area contributed by atoms with Crippen LogP contribution in [0.3, 0.4) is 0 Å². The van der Waals surface area contributed by atoms with Gasteiger partial charge in [0.2, 0.25) is 6.79 Å². The Bertz CT molecular complexity index is 1280. The molecule has 0 spiro atoms. The minimum absolute atomic E-state index is 0.0963. The van der Waals surface area contributed by atoms with Crippen molar-refractivity contribution in [2.75, 3.05) is 33.0 Å². The van der Waals surface area contributed by atoms with Crippen LogP contribution in [0.4, 0.5) is 0 Å².